The van der Waals surface area contributed by atoms with Crippen molar-refractivity contribution in [3.63, 3.8) is 0 Å². The van der Waals surface area contributed by atoms with E-state index in [0.717, 1.165) is 18.5 Å². The zero-order valence-electron chi connectivity index (χ0n) is 11.8. The van der Waals surface area contributed by atoms with Crippen molar-refractivity contribution in [3.05, 3.63) is 29.4 Å². The van der Waals surface area contributed by atoms with Crippen molar-refractivity contribution < 1.29 is 8.42 Å². The molecule has 2 aromatic heterocycles. The summed E-state index contributed by atoms with van der Waals surface area (Å²) in [5.74, 6) is 0. The highest BCUT2D eigenvalue weighted by Gasteiger charge is 2.16. The molecule has 0 spiro atoms. The fourth-order valence-corrected chi connectivity index (χ4v) is 3.99. The first-order valence-corrected chi connectivity index (χ1v) is 9.10. The lowest BCUT2D eigenvalue weighted by molar-refractivity contribution is 0.554. The van der Waals surface area contributed by atoms with E-state index < -0.39 is 10.0 Å². The number of hydrogen-bond acceptors (Lipinski definition) is 6. The van der Waals surface area contributed by atoms with Crippen molar-refractivity contribution in [1.82, 2.24) is 25.0 Å². The lowest BCUT2D eigenvalue weighted by Gasteiger charge is -2.04. The molecule has 2 rings (SSSR count). The van der Waals surface area contributed by atoms with E-state index in [1.807, 2.05) is 5.38 Å². The van der Waals surface area contributed by atoms with Crippen LogP contribution < -0.4 is 10.0 Å². The third kappa shape index (κ3) is 4.88. The summed E-state index contributed by atoms with van der Waals surface area (Å²) in [5.41, 5.74) is 0.991. The minimum absolute atomic E-state index is 0.285. The van der Waals surface area contributed by atoms with Crippen LogP contribution >= 0.6 is 11.3 Å². The molecule has 0 amide bonds. The van der Waals surface area contributed by atoms with Crippen LogP contribution in [0.1, 0.15) is 18.9 Å². The highest BCUT2D eigenvalue weighted by molar-refractivity contribution is 7.91. The van der Waals surface area contributed by atoms with Crippen molar-refractivity contribution in [3.8, 4) is 0 Å². The summed E-state index contributed by atoms with van der Waals surface area (Å²) in [6, 6.07) is 1.71. The van der Waals surface area contributed by atoms with Gasteiger partial charge in [0.1, 0.15) is 4.21 Å². The van der Waals surface area contributed by atoms with Gasteiger partial charge >= 0.3 is 0 Å². The summed E-state index contributed by atoms with van der Waals surface area (Å²) in [6.07, 6.45) is 4.30. The molecule has 0 aromatic carbocycles. The van der Waals surface area contributed by atoms with Gasteiger partial charge in [-0.3, -0.25) is 4.68 Å². The fourth-order valence-electron chi connectivity index (χ4n) is 1.71. The number of hydrogen-bond donors (Lipinski definition) is 2. The topological polar surface area (TPSA) is 88.9 Å². The molecule has 0 aliphatic carbocycles. The van der Waals surface area contributed by atoms with Gasteiger partial charge < -0.3 is 5.32 Å². The minimum atomic E-state index is -3.44. The van der Waals surface area contributed by atoms with E-state index in [-0.39, 0.29) is 6.54 Å². The average Bonchev–Trinajstić information content (AvgIpc) is 3.10. The molecule has 2 aromatic rings. The van der Waals surface area contributed by atoms with Gasteiger partial charge in [0, 0.05) is 19.3 Å². The van der Waals surface area contributed by atoms with Crippen LogP contribution in [0.3, 0.4) is 0 Å². The number of rotatable bonds is 9. The van der Waals surface area contributed by atoms with Gasteiger partial charge in [0.2, 0.25) is 10.0 Å². The van der Waals surface area contributed by atoms with Gasteiger partial charge in [-0.2, -0.15) is 0 Å². The number of nitrogens with one attached hydrogen (secondary N) is 2. The van der Waals surface area contributed by atoms with Crippen molar-refractivity contribution in [2.24, 2.45) is 0 Å². The summed E-state index contributed by atoms with van der Waals surface area (Å²) in [5, 5.41) is 12.6. The Morgan fingerprint density at radius 3 is 2.95 bits per heavy atom. The van der Waals surface area contributed by atoms with Crippen LogP contribution in [-0.2, 0) is 23.1 Å². The van der Waals surface area contributed by atoms with Gasteiger partial charge in [-0.15, -0.1) is 16.4 Å². The van der Waals surface area contributed by atoms with E-state index in [0.29, 0.717) is 17.3 Å². The van der Waals surface area contributed by atoms with Crippen molar-refractivity contribution in [1.29, 1.82) is 0 Å². The second-order valence-electron chi connectivity index (χ2n) is 4.51. The maximum Gasteiger partial charge on any atom is 0.250 e. The molecule has 0 saturated carbocycles. The van der Waals surface area contributed by atoms with Crippen LogP contribution in [0.25, 0.3) is 0 Å². The van der Waals surface area contributed by atoms with Crippen LogP contribution in [0.4, 0.5) is 0 Å². The summed E-state index contributed by atoms with van der Waals surface area (Å²) in [7, 11) is -3.44. The standard InChI is InChI=1S/C12H19N5O2S2/c1-2-3-13-9-11-8-12(20-10-11)21(18,19)15-5-7-17-6-4-14-16-17/h4,6,8,10,13,15H,2-3,5,7,9H2,1H3. The van der Waals surface area contributed by atoms with E-state index in [2.05, 4.69) is 27.3 Å². The molecule has 2 heterocycles. The molecule has 2 N–H and O–H groups in total. The monoisotopic (exact) mass is 329 g/mol. The first-order valence-electron chi connectivity index (χ1n) is 6.73. The Labute approximate surface area is 128 Å². The predicted molar refractivity (Wildman–Crippen MR) is 81.5 cm³/mol. The number of nitrogens with zero attached hydrogens (tertiary/aromatic N) is 3. The number of sulfonamides is 1. The quantitative estimate of drug-likeness (QED) is 0.665. The number of aromatic nitrogens is 3. The Hall–Kier alpha value is -1.29. The molecule has 116 valence electrons. The van der Waals surface area contributed by atoms with E-state index in [1.54, 1.807) is 23.1 Å². The first-order chi connectivity index (χ1) is 10.1. The van der Waals surface area contributed by atoms with E-state index in [4.69, 9.17) is 0 Å². The molecular formula is C12H19N5O2S2. The molecule has 0 saturated heterocycles. The molecule has 0 radical (unpaired) electrons. The normalized spacial score (nSPS) is 11.9. The Morgan fingerprint density at radius 1 is 1.38 bits per heavy atom. The summed E-state index contributed by atoms with van der Waals surface area (Å²) in [4.78, 5) is 0. The van der Waals surface area contributed by atoms with Crippen LogP contribution in [-0.4, -0.2) is 36.5 Å². The maximum atomic E-state index is 12.1. The molecule has 0 bridgehead atoms. The highest BCUT2D eigenvalue weighted by Crippen LogP contribution is 2.19. The molecule has 0 atom stereocenters. The Balaban J connectivity index is 1.86. The second kappa shape index (κ2) is 7.64. The SMILES string of the molecule is CCCNCc1csc(S(=O)(=O)NCCn2ccnn2)c1. The van der Waals surface area contributed by atoms with Crippen LogP contribution in [0, 0.1) is 0 Å². The van der Waals surface area contributed by atoms with Gasteiger partial charge in [-0.1, -0.05) is 12.1 Å². The van der Waals surface area contributed by atoms with Crippen LogP contribution in [0.5, 0.6) is 0 Å². The largest absolute Gasteiger partial charge is 0.313 e. The third-order valence-electron chi connectivity index (χ3n) is 2.76. The predicted octanol–water partition coefficient (Wildman–Crippen LogP) is 0.818. The van der Waals surface area contributed by atoms with E-state index in [1.165, 1.54) is 11.3 Å². The summed E-state index contributed by atoms with van der Waals surface area (Å²) >= 11 is 1.24. The molecule has 0 aliphatic rings. The molecule has 0 fully saturated rings. The van der Waals surface area contributed by atoms with Gasteiger partial charge in [-0.05, 0) is 30.0 Å². The van der Waals surface area contributed by atoms with Crippen molar-refractivity contribution in [2.75, 3.05) is 13.1 Å². The Bertz CT molecular complexity index is 636. The Morgan fingerprint density at radius 2 is 2.24 bits per heavy atom. The van der Waals surface area contributed by atoms with Gasteiger partial charge in [-0.25, -0.2) is 13.1 Å². The molecule has 7 nitrogen and oxygen atoms in total. The number of thiophene rings is 1. The van der Waals surface area contributed by atoms with Crippen LogP contribution in [0.2, 0.25) is 0 Å². The van der Waals surface area contributed by atoms with Gasteiger partial charge in [0.05, 0.1) is 12.7 Å². The molecule has 9 heteroatoms. The van der Waals surface area contributed by atoms with Crippen molar-refractivity contribution >= 4 is 21.4 Å². The second-order valence-corrected chi connectivity index (χ2v) is 7.42. The highest BCUT2D eigenvalue weighted by atomic mass is 32.2. The molecule has 0 unspecified atom stereocenters. The lowest BCUT2D eigenvalue weighted by Crippen LogP contribution is -2.27. The fraction of sp³-hybridized carbons (Fsp3) is 0.500. The zero-order chi connectivity index (χ0) is 15.1. The first kappa shape index (κ1) is 16.1. The molecular weight excluding hydrogens is 310 g/mol. The average molecular weight is 329 g/mol. The van der Waals surface area contributed by atoms with Crippen LogP contribution in [0.15, 0.2) is 28.0 Å². The summed E-state index contributed by atoms with van der Waals surface area (Å²) < 4.78 is 28.8. The summed E-state index contributed by atoms with van der Waals surface area (Å²) in [6.45, 7) is 4.45. The minimum Gasteiger partial charge on any atom is -0.313 e. The van der Waals surface area contributed by atoms with Gasteiger partial charge in [0.25, 0.3) is 0 Å². The molecule has 21 heavy (non-hydrogen) atoms. The van der Waals surface area contributed by atoms with E-state index >= 15 is 0 Å². The van der Waals surface area contributed by atoms with Gasteiger partial charge in [0.15, 0.2) is 0 Å². The third-order valence-corrected chi connectivity index (χ3v) is 5.70. The van der Waals surface area contributed by atoms with E-state index in [9.17, 15) is 8.42 Å². The zero-order valence-corrected chi connectivity index (χ0v) is 13.5. The molecule has 0 aliphatic heterocycles. The lowest BCUT2D eigenvalue weighted by atomic mass is 10.3. The van der Waals surface area contributed by atoms with Crippen molar-refractivity contribution in [2.45, 2.75) is 30.6 Å². The maximum absolute atomic E-state index is 12.1. The Kier molecular flexibility index (Phi) is 5.85. The smallest absolute Gasteiger partial charge is 0.250 e.